The maximum Gasteiger partial charge on any atom is 0.277 e. The number of rotatable bonds is 5. The molecule has 0 saturated carbocycles. The summed E-state index contributed by atoms with van der Waals surface area (Å²) < 4.78 is 7.02. The number of methoxy groups -OCH3 is 1. The van der Waals surface area contributed by atoms with Gasteiger partial charge in [-0.1, -0.05) is 11.3 Å². The topological polar surface area (TPSA) is 94.0 Å². The zero-order valence-electron chi connectivity index (χ0n) is 15.3. The summed E-state index contributed by atoms with van der Waals surface area (Å²) in [4.78, 5) is 12.5. The lowest BCUT2D eigenvalue weighted by atomic mass is 10.1. The van der Waals surface area contributed by atoms with E-state index in [4.69, 9.17) is 4.74 Å². The fourth-order valence-corrected chi connectivity index (χ4v) is 3.75. The minimum atomic E-state index is -0.282. The highest BCUT2D eigenvalue weighted by Crippen LogP contribution is 2.28. The third kappa shape index (κ3) is 4.49. The zero-order chi connectivity index (χ0) is 18.6. The number of ether oxygens (including phenoxy) is 1. The van der Waals surface area contributed by atoms with Gasteiger partial charge in [0, 0.05) is 18.3 Å². The third-order valence-electron chi connectivity index (χ3n) is 4.47. The number of piperidine rings is 1. The van der Waals surface area contributed by atoms with Gasteiger partial charge in [-0.2, -0.15) is 5.10 Å². The van der Waals surface area contributed by atoms with E-state index in [1.54, 1.807) is 13.2 Å². The molecule has 1 atom stereocenters. The van der Waals surface area contributed by atoms with Crippen molar-refractivity contribution in [1.82, 2.24) is 25.3 Å². The monoisotopic (exact) mass is 420 g/mol. The number of amides is 1. The van der Waals surface area contributed by atoms with Crippen LogP contribution in [0.15, 0.2) is 36.5 Å². The lowest BCUT2D eigenvalue weighted by molar-refractivity contribution is 0.102. The molecule has 4 rings (SSSR count). The van der Waals surface area contributed by atoms with Gasteiger partial charge in [-0.15, -0.1) is 22.6 Å². The molecule has 1 amide bonds. The number of halogens is 1. The van der Waals surface area contributed by atoms with E-state index in [2.05, 4.69) is 25.9 Å². The van der Waals surface area contributed by atoms with Crippen LogP contribution in [-0.2, 0) is 0 Å². The highest BCUT2D eigenvalue weighted by molar-refractivity contribution is 7.18. The van der Waals surface area contributed by atoms with Crippen molar-refractivity contribution in [2.24, 2.45) is 0 Å². The predicted molar refractivity (Wildman–Crippen MR) is 110 cm³/mol. The van der Waals surface area contributed by atoms with E-state index >= 15 is 0 Å². The van der Waals surface area contributed by atoms with Crippen LogP contribution in [0.1, 0.15) is 29.4 Å². The van der Waals surface area contributed by atoms with Gasteiger partial charge >= 0.3 is 0 Å². The molecule has 0 radical (unpaired) electrons. The first kappa shape index (κ1) is 20.2. The Balaban J connectivity index is 0.00000225. The van der Waals surface area contributed by atoms with E-state index in [0.29, 0.717) is 16.9 Å². The Hall–Kier alpha value is -2.49. The number of nitrogens with one attached hydrogen (secondary N) is 2. The van der Waals surface area contributed by atoms with Gasteiger partial charge < -0.3 is 10.1 Å². The maximum absolute atomic E-state index is 12.5. The van der Waals surface area contributed by atoms with Crippen molar-refractivity contribution >= 4 is 34.8 Å². The first-order valence-electron chi connectivity index (χ1n) is 8.78. The predicted octanol–water partition coefficient (Wildman–Crippen LogP) is 3.01. The van der Waals surface area contributed by atoms with Crippen LogP contribution in [0.3, 0.4) is 0 Å². The van der Waals surface area contributed by atoms with Gasteiger partial charge in [0.05, 0.1) is 13.2 Å². The number of nitrogens with zero attached hydrogens (tertiary/aromatic N) is 4. The molecule has 1 fully saturated rings. The average molecular weight is 421 g/mol. The van der Waals surface area contributed by atoms with E-state index in [9.17, 15) is 4.79 Å². The smallest absolute Gasteiger partial charge is 0.277 e. The molecule has 0 bridgehead atoms. The SMILES string of the molecule is COc1ccc(-c2nnc(NC(=O)c3ccn(C4CCCNC4)n3)s2)cc1.Cl. The van der Waals surface area contributed by atoms with Crippen LogP contribution >= 0.6 is 23.7 Å². The summed E-state index contributed by atoms with van der Waals surface area (Å²) in [6, 6.07) is 9.57. The van der Waals surface area contributed by atoms with Gasteiger partial charge in [0.2, 0.25) is 5.13 Å². The molecule has 2 N–H and O–H groups in total. The molecule has 3 aromatic rings. The second-order valence-corrected chi connectivity index (χ2v) is 7.25. The molecule has 1 aliphatic rings. The number of anilines is 1. The quantitative estimate of drug-likeness (QED) is 0.659. The Kier molecular flexibility index (Phi) is 6.61. The molecule has 1 unspecified atom stereocenters. The summed E-state index contributed by atoms with van der Waals surface area (Å²) in [5.74, 6) is 0.496. The van der Waals surface area contributed by atoms with Gasteiger partial charge in [0.15, 0.2) is 5.69 Å². The first-order chi connectivity index (χ1) is 13.2. The van der Waals surface area contributed by atoms with Crippen molar-refractivity contribution in [2.45, 2.75) is 18.9 Å². The molecule has 1 saturated heterocycles. The van der Waals surface area contributed by atoms with E-state index < -0.39 is 0 Å². The van der Waals surface area contributed by atoms with Crippen molar-refractivity contribution < 1.29 is 9.53 Å². The summed E-state index contributed by atoms with van der Waals surface area (Å²) in [6.45, 7) is 1.92. The molecule has 1 aromatic carbocycles. The number of hydrogen-bond acceptors (Lipinski definition) is 7. The number of hydrogen-bond donors (Lipinski definition) is 2. The van der Waals surface area contributed by atoms with Gasteiger partial charge in [0.1, 0.15) is 10.8 Å². The Morgan fingerprint density at radius 3 is 2.82 bits per heavy atom. The average Bonchev–Trinajstić information content (AvgIpc) is 3.39. The lowest BCUT2D eigenvalue weighted by Crippen LogP contribution is -2.32. The van der Waals surface area contributed by atoms with Gasteiger partial charge in [-0.05, 0) is 49.7 Å². The first-order valence-corrected chi connectivity index (χ1v) is 9.60. The number of carbonyl (C=O) groups excluding carboxylic acids is 1. The van der Waals surface area contributed by atoms with E-state index in [1.807, 2.05) is 35.1 Å². The second kappa shape index (κ2) is 9.13. The van der Waals surface area contributed by atoms with Crippen LogP contribution in [0.5, 0.6) is 5.75 Å². The van der Waals surface area contributed by atoms with Crippen molar-refractivity contribution in [3.8, 4) is 16.3 Å². The molecule has 0 aliphatic carbocycles. The van der Waals surface area contributed by atoms with Crippen LogP contribution in [0.4, 0.5) is 5.13 Å². The molecule has 8 nitrogen and oxygen atoms in total. The molecule has 1 aliphatic heterocycles. The van der Waals surface area contributed by atoms with Gasteiger partial charge in [-0.25, -0.2) is 0 Å². The normalized spacial score (nSPS) is 16.2. The molecule has 2 aromatic heterocycles. The summed E-state index contributed by atoms with van der Waals surface area (Å²) in [7, 11) is 1.62. The van der Waals surface area contributed by atoms with Crippen LogP contribution in [0.2, 0.25) is 0 Å². The Labute approximate surface area is 172 Å². The van der Waals surface area contributed by atoms with Gasteiger partial charge in [-0.3, -0.25) is 14.8 Å². The van der Waals surface area contributed by atoms with Crippen LogP contribution in [0, 0.1) is 0 Å². The van der Waals surface area contributed by atoms with Crippen molar-refractivity contribution in [2.75, 3.05) is 25.5 Å². The summed E-state index contributed by atoms with van der Waals surface area (Å²) in [5, 5.41) is 19.9. The van der Waals surface area contributed by atoms with Crippen LogP contribution < -0.4 is 15.4 Å². The molecule has 10 heteroatoms. The Morgan fingerprint density at radius 2 is 2.11 bits per heavy atom. The number of aromatic nitrogens is 4. The highest BCUT2D eigenvalue weighted by Gasteiger charge is 2.18. The molecular weight excluding hydrogens is 400 g/mol. The van der Waals surface area contributed by atoms with E-state index in [0.717, 1.165) is 42.3 Å². The van der Waals surface area contributed by atoms with Crippen molar-refractivity contribution in [1.29, 1.82) is 0 Å². The summed E-state index contributed by atoms with van der Waals surface area (Å²) in [6.07, 6.45) is 4.04. The fourth-order valence-electron chi connectivity index (χ4n) is 3.01. The fraction of sp³-hybridized carbons (Fsp3) is 0.333. The molecule has 0 spiro atoms. The molecule has 28 heavy (non-hydrogen) atoms. The summed E-state index contributed by atoms with van der Waals surface area (Å²) in [5.41, 5.74) is 1.30. The number of benzene rings is 1. The maximum atomic E-state index is 12.5. The van der Waals surface area contributed by atoms with E-state index in [-0.39, 0.29) is 18.3 Å². The van der Waals surface area contributed by atoms with Crippen LogP contribution in [-0.4, -0.2) is 46.1 Å². The minimum absolute atomic E-state index is 0. The van der Waals surface area contributed by atoms with Crippen LogP contribution in [0.25, 0.3) is 10.6 Å². The highest BCUT2D eigenvalue weighted by atomic mass is 35.5. The zero-order valence-corrected chi connectivity index (χ0v) is 16.9. The number of carbonyl (C=O) groups is 1. The van der Waals surface area contributed by atoms with Gasteiger partial charge in [0.25, 0.3) is 5.91 Å². The molecule has 148 valence electrons. The molecule has 3 heterocycles. The Morgan fingerprint density at radius 1 is 1.29 bits per heavy atom. The molecular formula is C18H21ClN6O2S. The summed E-state index contributed by atoms with van der Waals surface area (Å²) >= 11 is 1.32. The van der Waals surface area contributed by atoms with E-state index in [1.165, 1.54) is 11.3 Å². The third-order valence-corrected chi connectivity index (χ3v) is 5.36. The van der Waals surface area contributed by atoms with Crippen molar-refractivity contribution in [3.05, 3.63) is 42.2 Å². The largest absolute Gasteiger partial charge is 0.497 e. The second-order valence-electron chi connectivity index (χ2n) is 6.28. The lowest BCUT2D eigenvalue weighted by Gasteiger charge is -2.22. The standard InChI is InChI=1S/C18H20N6O2S.ClH/c1-26-14-6-4-12(5-7-14)17-21-22-18(27-17)20-16(25)15-8-10-24(23-15)13-3-2-9-19-11-13;/h4-8,10,13,19H,2-3,9,11H2,1H3,(H,20,22,25);1H. The van der Waals surface area contributed by atoms with Crippen molar-refractivity contribution in [3.63, 3.8) is 0 Å². The Bertz CT molecular complexity index is 920. The minimum Gasteiger partial charge on any atom is -0.497 e.